The van der Waals surface area contributed by atoms with Crippen molar-refractivity contribution in [2.45, 2.75) is 19.9 Å². The predicted octanol–water partition coefficient (Wildman–Crippen LogP) is 0.174. The highest BCUT2D eigenvalue weighted by Gasteiger charge is 2.27. The molecule has 8 nitrogen and oxygen atoms in total. The highest BCUT2D eigenvalue weighted by Crippen LogP contribution is 2.21. The van der Waals surface area contributed by atoms with E-state index in [4.69, 9.17) is 0 Å². The van der Waals surface area contributed by atoms with Gasteiger partial charge in [-0.3, -0.25) is 18.8 Å². The lowest BCUT2D eigenvalue weighted by molar-refractivity contribution is -0.129. The molecule has 0 fully saturated rings. The summed E-state index contributed by atoms with van der Waals surface area (Å²) in [7, 11) is 1.71. The van der Waals surface area contributed by atoms with Crippen molar-refractivity contribution >= 4 is 11.9 Å². The van der Waals surface area contributed by atoms with E-state index in [1.54, 1.807) is 30.4 Å². The number of carboxylic acids is 1. The molecule has 1 aliphatic rings. The van der Waals surface area contributed by atoms with Gasteiger partial charge in [0.1, 0.15) is 5.56 Å². The molecule has 0 atom stereocenters. The molecule has 23 heavy (non-hydrogen) atoms. The average molecular weight is 316 g/mol. The second kappa shape index (κ2) is 5.38. The molecule has 0 spiro atoms. The number of hydrogen-bond donors (Lipinski definition) is 1. The quantitative estimate of drug-likeness (QED) is 0.852. The van der Waals surface area contributed by atoms with E-state index in [0.29, 0.717) is 29.9 Å². The summed E-state index contributed by atoms with van der Waals surface area (Å²) < 4.78 is 2.76. The summed E-state index contributed by atoms with van der Waals surface area (Å²) in [6.07, 6.45) is 3.61. The molecular formula is C15H16N4O4. The Morgan fingerprint density at radius 2 is 2.09 bits per heavy atom. The number of amides is 1. The monoisotopic (exact) mass is 316 g/mol. The fourth-order valence-corrected chi connectivity index (χ4v) is 2.85. The SMILES string of the molecule is CC(=O)N1CCc2c(cn(-c3ccn(C)n3)c(=O)c2C(=O)O)C1. The van der Waals surface area contributed by atoms with Crippen molar-refractivity contribution in [2.75, 3.05) is 6.54 Å². The van der Waals surface area contributed by atoms with Crippen molar-refractivity contribution < 1.29 is 14.7 Å². The maximum atomic E-state index is 12.6. The minimum atomic E-state index is -1.26. The van der Waals surface area contributed by atoms with Crippen LogP contribution in [0.2, 0.25) is 0 Å². The van der Waals surface area contributed by atoms with Crippen LogP contribution in [0.25, 0.3) is 5.82 Å². The minimum absolute atomic E-state index is 0.0805. The maximum absolute atomic E-state index is 12.6. The summed E-state index contributed by atoms with van der Waals surface area (Å²) in [5.74, 6) is -0.987. The van der Waals surface area contributed by atoms with Crippen LogP contribution in [-0.2, 0) is 24.8 Å². The van der Waals surface area contributed by atoms with Crippen LogP contribution in [-0.4, -0.2) is 42.8 Å². The summed E-state index contributed by atoms with van der Waals surface area (Å²) in [5, 5.41) is 13.6. The third-order valence-electron chi connectivity index (χ3n) is 4.01. The molecule has 0 aromatic carbocycles. The normalized spacial score (nSPS) is 13.7. The Hall–Kier alpha value is -2.90. The minimum Gasteiger partial charge on any atom is -0.477 e. The first kappa shape index (κ1) is 15.0. The zero-order valence-corrected chi connectivity index (χ0v) is 12.8. The summed E-state index contributed by atoms with van der Waals surface area (Å²) in [6, 6.07) is 1.63. The van der Waals surface area contributed by atoms with Crippen LogP contribution in [0.5, 0.6) is 0 Å². The number of aromatic carboxylic acids is 1. The van der Waals surface area contributed by atoms with Gasteiger partial charge in [-0.25, -0.2) is 4.79 Å². The maximum Gasteiger partial charge on any atom is 0.341 e. The number of carbonyl (C=O) groups excluding carboxylic acids is 1. The Balaban J connectivity index is 2.22. The van der Waals surface area contributed by atoms with Gasteiger partial charge in [-0.2, -0.15) is 5.10 Å². The van der Waals surface area contributed by atoms with Crippen LogP contribution in [0.15, 0.2) is 23.3 Å². The van der Waals surface area contributed by atoms with Crippen LogP contribution >= 0.6 is 0 Å². The molecule has 3 heterocycles. The van der Waals surface area contributed by atoms with Crippen LogP contribution in [0.4, 0.5) is 0 Å². The highest BCUT2D eigenvalue weighted by molar-refractivity contribution is 5.89. The molecule has 0 saturated heterocycles. The molecule has 1 N–H and O–H groups in total. The average Bonchev–Trinajstić information content (AvgIpc) is 2.91. The van der Waals surface area contributed by atoms with Crippen molar-refractivity contribution in [2.24, 2.45) is 7.05 Å². The molecule has 3 rings (SSSR count). The van der Waals surface area contributed by atoms with Crippen molar-refractivity contribution in [3.63, 3.8) is 0 Å². The first-order valence-corrected chi connectivity index (χ1v) is 7.14. The third-order valence-corrected chi connectivity index (χ3v) is 4.01. The molecule has 0 aliphatic carbocycles. The molecule has 0 saturated carbocycles. The topological polar surface area (TPSA) is 97.4 Å². The number of aromatic nitrogens is 3. The number of fused-ring (bicyclic) bond motifs is 1. The van der Waals surface area contributed by atoms with E-state index in [1.165, 1.54) is 16.2 Å². The van der Waals surface area contributed by atoms with Gasteiger partial charge in [0.25, 0.3) is 5.56 Å². The summed E-state index contributed by atoms with van der Waals surface area (Å²) in [5.41, 5.74) is 0.323. The Morgan fingerprint density at radius 1 is 1.35 bits per heavy atom. The van der Waals surface area contributed by atoms with E-state index in [2.05, 4.69) is 5.10 Å². The molecule has 2 aromatic heterocycles. The van der Waals surface area contributed by atoms with Crippen molar-refractivity contribution in [3.8, 4) is 5.82 Å². The predicted molar refractivity (Wildman–Crippen MR) is 80.6 cm³/mol. The first-order valence-electron chi connectivity index (χ1n) is 7.14. The molecule has 8 heteroatoms. The van der Waals surface area contributed by atoms with Crippen LogP contribution in [0.3, 0.4) is 0 Å². The number of nitrogens with zero attached hydrogens (tertiary/aromatic N) is 4. The number of hydrogen-bond acceptors (Lipinski definition) is 4. The Morgan fingerprint density at radius 3 is 2.65 bits per heavy atom. The molecule has 1 aliphatic heterocycles. The highest BCUT2D eigenvalue weighted by atomic mass is 16.4. The lowest BCUT2D eigenvalue weighted by Gasteiger charge is -2.29. The Kier molecular flexibility index (Phi) is 3.51. The molecule has 0 bridgehead atoms. The zero-order valence-electron chi connectivity index (χ0n) is 12.8. The van der Waals surface area contributed by atoms with E-state index in [9.17, 15) is 19.5 Å². The van der Waals surface area contributed by atoms with Gasteiger partial charge >= 0.3 is 5.97 Å². The van der Waals surface area contributed by atoms with Gasteiger partial charge in [0.05, 0.1) is 0 Å². The van der Waals surface area contributed by atoms with Crippen LogP contribution in [0, 0.1) is 0 Å². The fraction of sp³-hybridized carbons (Fsp3) is 0.333. The molecular weight excluding hydrogens is 300 g/mol. The van der Waals surface area contributed by atoms with Crippen molar-refractivity contribution in [1.82, 2.24) is 19.2 Å². The summed E-state index contributed by atoms with van der Waals surface area (Å²) in [4.78, 5) is 37.3. The molecule has 1 amide bonds. The van der Waals surface area contributed by atoms with Crippen molar-refractivity contribution in [3.05, 3.63) is 45.5 Å². The van der Waals surface area contributed by atoms with Gasteiger partial charge in [-0.15, -0.1) is 0 Å². The van der Waals surface area contributed by atoms with E-state index in [0.717, 1.165) is 0 Å². The lowest BCUT2D eigenvalue weighted by Crippen LogP contribution is -2.38. The van der Waals surface area contributed by atoms with Gasteiger partial charge in [-0.05, 0) is 17.5 Å². The van der Waals surface area contributed by atoms with Crippen molar-refractivity contribution in [1.29, 1.82) is 0 Å². The standard InChI is InChI=1S/C15H16N4O4/c1-9(20)18-6-3-11-10(7-18)8-19(12-4-5-17(2)16-12)14(21)13(11)15(22)23/h4-5,8H,3,6-7H2,1-2H3,(H,22,23). The molecule has 2 aromatic rings. The van der Waals surface area contributed by atoms with Crippen LogP contribution in [0.1, 0.15) is 28.4 Å². The van der Waals surface area contributed by atoms with Crippen LogP contribution < -0.4 is 5.56 Å². The number of pyridine rings is 1. The lowest BCUT2D eigenvalue weighted by atomic mass is 9.96. The summed E-state index contributed by atoms with van der Waals surface area (Å²) in [6.45, 7) is 2.17. The van der Waals surface area contributed by atoms with Gasteiger partial charge in [0.15, 0.2) is 5.82 Å². The number of carbonyl (C=O) groups is 2. The fourth-order valence-electron chi connectivity index (χ4n) is 2.85. The molecule has 0 unspecified atom stereocenters. The Labute approximate surface area is 131 Å². The largest absolute Gasteiger partial charge is 0.477 e. The van der Waals surface area contributed by atoms with Gasteiger partial charge in [0.2, 0.25) is 5.91 Å². The van der Waals surface area contributed by atoms with Gasteiger partial charge in [0, 0.05) is 45.5 Å². The third kappa shape index (κ3) is 2.52. The first-order chi connectivity index (χ1) is 10.9. The van der Waals surface area contributed by atoms with E-state index in [-0.39, 0.29) is 18.0 Å². The zero-order chi connectivity index (χ0) is 16.7. The van der Waals surface area contributed by atoms with Gasteiger partial charge < -0.3 is 10.0 Å². The Bertz CT molecular complexity index is 865. The van der Waals surface area contributed by atoms with E-state index < -0.39 is 11.5 Å². The smallest absolute Gasteiger partial charge is 0.341 e. The second-order valence-corrected chi connectivity index (χ2v) is 5.53. The van der Waals surface area contributed by atoms with Gasteiger partial charge in [-0.1, -0.05) is 0 Å². The number of carboxylic acid groups (broad SMARTS) is 1. The molecule has 120 valence electrons. The number of aryl methyl sites for hydroxylation is 1. The number of rotatable bonds is 2. The second-order valence-electron chi connectivity index (χ2n) is 5.53. The molecule has 0 radical (unpaired) electrons. The summed E-state index contributed by atoms with van der Waals surface area (Å²) >= 11 is 0. The van der Waals surface area contributed by atoms with E-state index in [1.807, 2.05) is 0 Å². The van der Waals surface area contributed by atoms with E-state index >= 15 is 0 Å².